The van der Waals surface area contributed by atoms with Gasteiger partial charge in [0.15, 0.2) is 5.96 Å². The molecule has 2 fully saturated rings. The van der Waals surface area contributed by atoms with Crippen LogP contribution in [0.5, 0.6) is 0 Å². The number of nitrogens with zero attached hydrogens (tertiary/aromatic N) is 2. The van der Waals surface area contributed by atoms with Crippen LogP contribution >= 0.6 is 35.7 Å². The van der Waals surface area contributed by atoms with E-state index < -0.39 is 0 Å². The fourth-order valence-electron chi connectivity index (χ4n) is 4.41. The third-order valence-corrected chi connectivity index (χ3v) is 7.59. The van der Waals surface area contributed by atoms with Crippen molar-refractivity contribution in [2.24, 2.45) is 10.9 Å². The Hall–Kier alpha value is -0.960. The first-order chi connectivity index (χ1) is 14.1. The molecule has 0 radical (unpaired) electrons. The zero-order valence-electron chi connectivity index (χ0n) is 18.4. The van der Waals surface area contributed by atoms with Crippen molar-refractivity contribution in [1.29, 1.82) is 0 Å². The Morgan fingerprint density at radius 2 is 1.87 bits per heavy atom. The Balaban J connectivity index is 0.00000320. The highest BCUT2D eigenvalue weighted by Gasteiger charge is 2.35. The van der Waals surface area contributed by atoms with E-state index in [1.807, 2.05) is 11.8 Å². The molecule has 1 aromatic rings. The van der Waals surface area contributed by atoms with E-state index in [1.165, 1.54) is 30.6 Å². The van der Waals surface area contributed by atoms with E-state index in [0.29, 0.717) is 12.3 Å². The minimum absolute atomic E-state index is 0. The van der Waals surface area contributed by atoms with Crippen molar-refractivity contribution in [3.8, 4) is 0 Å². The lowest BCUT2D eigenvalue weighted by molar-refractivity contribution is -0.121. The number of guanidine groups is 1. The molecule has 2 N–H and O–H groups in total. The van der Waals surface area contributed by atoms with E-state index >= 15 is 0 Å². The summed E-state index contributed by atoms with van der Waals surface area (Å²) in [5.74, 6) is 1.69. The molecule has 0 bridgehead atoms. The first-order valence-corrected chi connectivity index (χ1v) is 11.9. The summed E-state index contributed by atoms with van der Waals surface area (Å²) >= 11 is 2.02. The van der Waals surface area contributed by atoms with Crippen LogP contribution in [0.1, 0.15) is 51.9 Å². The first-order valence-electron chi connectivity index (χ1n) is 11.1. The number of halogens is 1. The van der Waals surface area contributed by atoms with Crippen LogP contribution in [0, 0.1) is 5.92 Å². The van der Waals surface area contributed by atoms with Gasteiger partial charge in [0.05, 0.1) is 6.54 Å². The van der Waals surface area contributed by atoms with Crippen LogP contribution in [0.3, 0.4) is 0 Å². The van der Waals surface area contributed by atoms with Gasteiger partial charge in [0, 0.05) is 42.7 Å². The molecule has 1 saturated heterocycles. The summed E-state index contributed by atoms with van der Waals surface area (Å²) in [5.41, 5.74) is 0. The summed E-state index contributed by atoms with van der Waals surface area (Å²) in [7, 11) is 1.72. The summed E-state index contributed by atoms with van der Waals surface area (Å²) in [4.78, 5) is 20.5. The van der Waals surface area contributed by atoms with Crippen LogP contribution in [0.25, 0.3) is 0 Å². The number of hydrogen-bond donors (Lipinski definition) is 2. The standard InChI is InChI=1S/C23H36N4OS.HI/c1-3-25-22(27-15-11-19(12-16-27)17-21(28)24-2)26-18-23(13-7-8-14-23)29-20-9-5-4-6-10-20;/h4-6,9-10,19H,3,7-8,11-18H2,1-2H3,(H,24,28)(H,25,26);1H. The zero-order valence-corrected chi connectivity index (χ0v) is 21.5. The van der Waals surface area contributed by atoms with Crippen molar-refractivity contribution in [3.63, 3.8) is 0 Å². The molecule has 1 aliphatic carbocycles. The molecule has 3 rings (SSSR count). The molecule has 0 unspecified atom stereocenters. The summed E-state index contributed by atoms with van der Waals surface area (Å²) < 4.78 is 0.222. The third kappa shape index (κ3) is 7.32. The monoisotopic (exact) mass is 544 g/mol. The Morgan fingerprint density at radius 1 is 1.20 bits per heavy atom. The molecule has 168 valence electrons. The van der Waals surface area contributed by atoms with E-state index in [1.54, 1.807) is 7.05 Å². The number of thioether (sulfide) groups is 1. The van der Waals surface area contributed by atoms with Crippen LogP contribution in [-0.2, 0) is 4.79 Å². The molecule has 0 spiro atoms. The van der Waals surface area contributed by atoms with Gasteiger partial charge in [-0.05, 0) is 50.7 Å². The SMILES string of the molecule is CCNC(=NCC1(Sc2ccccc2)CCCC1)N1CCC(CC(=O)NC)CC1.I. The molecule has 0 aromatic heterocycles. The van der Waals surface area contributed by atoms with Crippen LogP contribution in [0.2, 0.25) is 0 Å². The van der Waals surface area contributed by atoms with E-state index in [4.69, 9.17) is 4.99 Å². The van der Waals surface area contributed by atoms with Crippen LogP contribution < -0.4 is 10.6 Å². The van der Waals surface area contributed by atoms with Crippen molar-refractivity contribution in [1.82, 2.24) is 15.5 Å². The van der Waals surface area contributed by atoms with Crippen molar-refractivity contribution in [2.45, 2.75) is 61.5 Å². The van der Waals surface area contributed by atoms with Crippen molar-refractivity contribution < 1.29 is 4.79 Å². The highest BCUT2D eigenvalue weighted by atomic mass is 127. The van der Waals surface area contributed by atoms with Gasteiger partial charge in [0.1, 0.15) is 0 Å². The summed E-state index contributed by atoms with van der Waals surface area (Å²) in [6, 6.07) is 10.8. The molecular formula is C23H37IN4OS. The number of carbonyl (C=O) groups excluding carboxylic acids is 1. The number of piperidine rings is 1. The summed E-state index contributed by atoms with van der Waals surface area (Å²) in [6.07, 6.45) is 7.85. The second-order valence-electron chi connectivity index (χ2n) is 8.28. The predicted molar refractivity (Wildman–Crippen MR) is 138 cm³/mol. The molecule has 1 amide bonds. The molecule has 1 aliphatic heterocycles. The number of nitrogens with one attached hydrogen (secondary N) is 2. The molecule has 30 heavy (non-hydrogen) atoms. The minimum atomic E-state index is 0. The highest BCUT2D eigenvalue weighted by Crippen LogP contribution is 2.45. The predicted octanol–water partition coefficient (Wildman–Crippen LogP) is 4.52. The molecule has 2 aliphatic rings. The van der Waals surface area contributed by atoms with Gasteiger partial charge in [-0.15, -0.1) is 35.7 Å². The number of aliphatic imine (C=N–C) groups is 1. The maximum Gasteiger partial charge on any atom is 0.220 e. The van der Waals surface area contributed by atoms with E-state index in [2.05, 4.69) is 52.8 Å². The van der Waals surface area contributed by atoms with Gasteiger partial charge in [-0.25, -0.2) is 0 Å². The number of hydrogen-bond acceptors (Lipinski definition) is 3. The van der Waals surface area contributed by atoms with Gasteiger partial charge in [-0.2, -0.15) is 0 Å². The maximum absolute atomic E-state index is 11.7. The van der Waals surface area contributed by atoms with Gasteiger partial charge in [0.2, 0.25) is 5.91 Å². The fourth-order valence-corrected chi connectivity index (χ4v) is 5.82. The average molecular weight is 545 g/mol. The lowest BCUT2D eigenvalue weighted by Gasteiger charge is -2.35. The number of rotatable bonds is 7. The van der Waals surface area contributed by atoms with Crippen molar-refractivity contribution >= 4 is 47.6 Å². The number of amides is 1. The third-order valence-electron chi connectivity index (χ3n) is 6.11. The Kier molecular flexibility index (Phi) is 10.8. The molecule has 0 atom stereocenters. The van der Waals surface area contributed by atoms with E-state index in [9.17, 15) is 4.79 Å². The van der Waals surface area contributed by atoms with Gasteiger partial charge in [-0.3, -0.25) is 9.79 Å². The van der Waals surface area contributed by atoms with Crippen molar-refractivity contribution in [2.75, 3.05) is 33.2 Å². The molecule has 1 aromatic carbocycles. The Labute approximate surface area is 203 Å². The molecular weight excluding hydrogens is 507 g/mol. The van der Waals surface area contributed by atoms with Crippen LogP contribution in [0.4, 0.5) is 0 Å². The van der Waals surface area contributed by atoms with Crippen LogP contribution in [-0.4, -0.2) is 54.7 Å². The van der Waals surface area contributed by atoms with Gasteiger partial charge in [0.25, 0.3) is 0 Å². The van der Waals surface area contributed by atoms with Gasteiger partial charge in [-0.1, -0.05) is 31.0 Å². The summed E-state index contributed by atoms with van der Waals surface area (Å²) in [5, 5.41) is 6.26. The quantitative estimate of drug-likeness (QED) is 0.301. The summed E-state index contributed by atoms with van der Waals surface area (Å²) in [6.45, 7) is 5.85. The van der Waals surface area contributed by atoms with E-state index in [0.717, 1.165) is 45.0 Å². The van der Waals surface area contributed by atoms with Crippen LogP contribution in [0.15, 0.2) is 40.2 Å². The Bertz CT molecular complexity index is 671. The molecule has 5 nitrogen and oxygen atoms in total. The molecule has 1 saturated carbocycles. The molecule has 7 heteroatoms. The average Bonchev–Trinajstić information content (AvgIpc) is 3.21. The number of likely N-dealkylation sites (tertiary alicyclic amines) is 1. The molecule has 1 heterocycles. The second kappa shape index (κ2) is 12.8. The number of benzene rings is 1. The lowest BCUT2D eigenvalue weighted by atomic mass is 9.93. The Morgan fingerprint density at radius 3 is 2.47 bits per heavy atom. The normalized spacial score (nSPS) is 19.3. The highest BCUT2D eigenvalue weighted by molar-refractivity contribution is 14.0. The van der Waals surface area contributed by atoms with Crippen molar-refractivity contribution in [3.05, 3.63) is 30.3 Å². The van der Waals surface area contributed by atoms with Gasteiger partial charge >= 0.3 is 0 Å². The lowest BCUT2D eigenvalue weighted by Crippen LogP contribution is -2.46. The maximum atomic E-state index is 11.7. The van der Waals surface area contributed by atoms with E-state index in [-0.39, 0.29) is 34.6 Å². The largest absolute Gasteiger partial charge is 0.359 e. The second-order valence-corrected chi connectivity index (χ2v) is 9.82. The topological polar surface area (TPSA) is 56.7 Å². The van der Waals surface area contributed by atoms with Gasteiger partial charge < -0.3 is 15.5 Å². The zero-order chi connectivity index (χ0) is 20.5. The number of carbonyl (C=O) groups is 1. The fraction of sp³-hybridized carbons (Fsp3) is 0.652. The smallest absolute Gasteiger partial charge is 0.220 e. The minimum Gasteiger partial charge on any atom is -0.359 e. The first kappa shape index (κ1) is 25.3.